The molecule has 0 spiro atoms. The molecule has 0 aliphatic rings. The third-order valence-electron chi connectivity index (χ3n) is 2.63. The van der Waals surface area contributed by atoms with E-state index < -0.39 is 16.9 Å². The first-order valence-corrected chi connectivity index (χ1v) is 5.77. The summed E-state index contributed by atoms with van der Waals surface area (Å²) >= 11 is 0. The maximum Gasteiger partial charge on any atom is 0.343 e. The van der Waals surface area contributed by atoms with E-state index in [0.717, 1.165) is 0 Å². The Morgan fingerprint density at radius 2 is 1.48 bits per heavy atom. The zero-order valence-electron chi connectivity index (χ0n) is 10.6. The molecule has 0 saturated carbocycles. The van der Waals surface area contributed by atoms with Crippen LogP contribution >= 0.6 is 0 Å². The summed E-state index contributed by atoms with van der Waals surface area (Å²) in [4.78, 5) is 32.4. The van der Waals surface area contributed by atoms with Crippen LogP contribution in [0.2, 0.25) is 0 Å². The molecule has 0 radical (unpaired) electrons. The molecule has 0 unspecified atom stereocenters. The number of hydrogen-bond donors (Lipinski definition) is 1. The molecule has 1 N–H and O–H groups in total. The second kappa shape index (κ2) is 5.83. The van der Waals surface area contributed by atoms with Gasteiger partial charge in [-0.3, -0.25) is 10.1 Å². The van der Waals surface area contributed by atoms with Gasteiger partial charge >= 0.3 is 11.9 Å². The van der Waals surface area contributed by atoms with Gasteiger partial charge in [-0.25, -0.2) is 9.59 Å². The van der Waals surface area contributed by atoms with Gasteiger partial charge in [0.2, 0.25) is 0 Å². The van der Waals surface area contributed by atoms with E-state index >= 15 is 0 Å². The van der Waals surface area contributed by atoms with Crippen molar-refractivity contribution in [1.82, 2.24) is 0 Å². The van der Waals surface area contributed by atoms with Gasteiger partial charge < -0.3 is 9.84 Å². The molecule has 2 rings (SSSR count). The quantitative estimate of drug-likeness (QED) is 0.400. The molecule has 0 bridgehead atoms. The maximum absolute atomic E-state index is 11.8. The maximum atomic E-state index is 11.8. The molecule has 7 heteroatoms. The minimum absolute atomic E-state index is 0.0742. The van der Waals surface area contributed by atoms with Crippen molar-refractivity contribution in [3.8, 4) is 5.75 Å². The number of rotatable bonds is 4. The molecule has 106 valence electrons. The topological polar surface area (TPSA) is 107 Å². The van der Waals surface area contributed by atoms with E-state index in [0.29, 0.717) is 0 Å². The molecule has 0 aromatic heterocycles. The molecule has 0 aliphatic carbocycles. The highest BCUT2D eigenvalue weighted by Gasteiger charge is 2.12. The summed E-state index contributed by atoms with van der Waals surface area (Å²) in [5.74, 6) is -1.58. The summed E-state index contributed by atoms with van der Waals surface area (Å²) in [6, 6.07) is 10.3. The van der Waals surface area contributed by atoms with E-state index in [9.17, 15) is 19.7 Å². The fourth-order valence-corrected chi connectivity index (χ4v) is 1.55. The van der Waals surface area contributed by atoms with Crippen LogP contribution in [0.1, 0.15) is 20.7 Å². The van der Waals surface area contributed by atoms with Crippen LogP contribution in [0, 0.1) is 10.1 Å². The summed E-state index contributed by atoms with van der Waals surface area (Å²) in [6.45, 7) is 0. The van der Waals surface area contributed by atoms with Crippen LogP contribution in [0.5, 0.6) is 5.75 Å². The number of aromatic carboxylic acids is 1. The number of carboxylic acid groups (broad SMARTS) is 1. The fraction of sp³-hybridized carbons (Fsp3) is 0. The fourth-order valence-electron chi connectivity index (χ4n) is 1.55. The number of nitro groups is 1. The Morgan fingerprint density at radius 1 is 0.952 bits per heavy atom. The van der Waals surface area contributed by atoms with Crippen molar-refractivity contribution < 1.29 is 24.4 Å². The van der Waals surface area contributed by atoms with Crippen LogP contribution in [0.4, 0.5) is 5.69 Å². The van der Waals surface area contributed by atoms with Gasteiger partial charge in [-0.15, -0.1) is 0 Å². The van der Waals surface area contributed by atoms with Crippen LogP contribution in [-0.2, 0) is 0 Å². The van der Waals surface area contributed by atoms with Gasteiger partial charge in [0, 0.05) is 12.1 Å². The lowest BCUT2D eigenvalue weighted by molar-refractivity contribution is -0.384. The molecule has 0 saturated heterocycles. The van der Waals surface area contributed by atoms with E-state index in [1.54, 1.807) is 0 Å². The second-order valence-corrected chi connectivity index (χ2v) is 4.02. The molecule has 0 fully saturated rings. The Bertz CT molecular complexity index is 690. The number of nitrogens with zero attached hydrogens (tertiary/aromatic N) is 1. The van der Waals surface area contributed by atoms with Crippen LogP contribution in [0.3, 0.4) is 0 Å². The number of carboxylic acids is 1. The Kier molecular flexibility index (Phi) is 3.94. The highest BCUT2D eigenvalue weighted by atomic mass is 16.6. The van der Waals surface area contributed by atoms with Gasteiger partial charge in [-0.1, -0.05) is 0 Å². The molecule has 2 aromatic rings. The first kappa shape index (κ1) is 14.2. The van der Waals surface area contributed by atoms with E-state index in [2.05, 4.69) is 0 Å². The van der Waals surface area contributed by atoms with Crippen molar-refractivity contribution in [2.75, 3.05) is 0 Å². The van der Waals surface area contributed by atoms with Crippen LogP contribution < -0.4 is 4.74 Å². The molecule has 0 aliphatic heterocycles. The van der Waals surface area contributed by atoms with Crippen molar-refractivity contribution in [2.24, 2.45) is 0 Å². The van der Waals surface area contributed by atoms with E-state index in [1.165, 1.54) is 48.5 Å². The van der Waals surface area contributed by atoms with E-state index in [1.807, 2.05) is 0 Å². The average Bonchev–Trinajstić information content (AvgIpc) is 2.47. The zero-order chi connectivity index (χ0) is 15.4. The van der Waals surface area contributed by atoms with Crippen molar-refractivity contribution in [1.29, 1.82) is 0 Å². The third-order valence-corrected chi connectivity index (χ3v) is 2.63. The lowest BCUT2D eigenvalue weighted by Gasteiger charge is -2.04. The van der Waals surface area contributed by atoms with Gasteiger partial charge in [0.05, 0.1) is 16.1 Å². The normalized spacial score (nSPS) is 9.90. The van der Waals surface area contributed by atoms with Gasteiger partial charge in [-0.05, 0) is 36.4 Å². The van der Waals surface area contributed by atoms with E-state index in [4.69, 9.17) is 9.84 Å². The SMILES string of the molecule is O=C(O)c1ccc(OC(=O)c2ccc([N+](=O)[O-])cc2)cc1. The van der Waals surface area contributed by atoms with E-state index in [-0.39, 0.29) is 22.6 Å². The van der Waals surface area contributed by atoms with Crippen molar-refractivity contribution in [3.05, 3.63) is 69.8 Å². The largest absolute Gasteiger partial charge is 0.478 e. The van der Waals surface area contributed by atoms with Crippen molar-refractivity contribution >= 4 is 17.6 Å². The predicted octanol–water partition coefficient (Wildman–Crippen LogP) is 2.51. The number of carbonyl (C=O) groups is 2. The molecule has 2 aromatic carbocycles. The number of hydrogen-bond acceptors (Lipinski definition) is 5. The molecular formula is C14H9NO6. The summed E-state index contributed by atoms with van der Waals surface area (Å²) in [7, 11) is 0. The molecule has 0 heterocycles. The smallest absolute Gasteiger partial charge is 0.343 e. The Labute approximate surface area is 118 Å². The lowest BCUT2D eigenvalue weighted by atomic mass is 10.2. The summed E-state index contributed by atoms with van der Waals surface area (Å²) in [5.41, 5.74) is 0.102. The van der Waals surface area contributed by atoms with Crippen LogP contribution in [0.15, 0.2) is 48.5 Å². The van der Waals surface area contributed by atoms with Crippen LogP contribution in [-0.4, -0.2) is 22.0 Å². The first-order chi connectivity index (χ1) is 9.97. The van der Waals surface area contributed by atoms with Crippen LogP contribution in [0.25, 0.3) is 0 Å². The standard InChI is InChI=1S/C14H9NO6/c16-13(17)9-3-7-12(8-4-9)21-14(18)10-1-5-11(6-2-10)15(19)20/h1-8H,(H,16,17). The molecule has 0 amide bonds. The summed E-state index contributed by atoms with van der Waals surface area (Å²) in [6.07, 6.45) is 0. The number of carbonyl (C=O) groups excluding carboxylic acids is 1. The Hall–Kier alpha value is -3.22. The minimum Gasteiger partial charge on any atom is -0.478 e. The highest BCUT2D eigenvalue weighted by molar-refractivity contribution is 5.91. The Morgan fingerprint density at radius 3 is 1.95 bits per heavy atom. The molecule has 21 heavy (non-hydrogen) atoms. The molecular weight excluding hydrogens is 278 g/mol. The van der Waals surface area contributed by atoms with Crippen molar-refractivity contribution in [2.45, 2.75) is 0 Å². The highest BCUT2D eigenvalue weighted by Crippen LogP contribution is 2.16. The van der Waals surface area contributed by atoms with Gasteiger partial charge in [-0.2, -0.15) is 0 Å². The van der Waals surface area contributed by atoms with Gasteiger partial charge in [0.25, 0.3) is 5.69 Å². The average molecular weight is 287 g/mol. The number of esters is 1. The van der Waals surface area contributed by atoms with Gasteiger partial charge in [0.15, 0.2) is 0 Å². The second-order valence-electron chi connectivity index (χ2n) is 4.02. The third kappa shape index (κ3) is 3.41. The Balaban J connectivity index is 2.10. The number of ether oxygens (including phenoxy) is 1. The monoisotopic (exact) mass is 287 g/mol. The zero-order valence-corrected chi connectivity index (χ0v) is 10.6. The number of non-ortho nitro benzene ring substituents is 1. The summed E-state index contributed by atoms with van der Waals surface area (Å²) in [5, 5.41) is 19.2. The lowest BCUT2D eigenvalue weighted by Crippen LogP contribution is -2.08. The summed E-state index contributed by atoms with van der Waals surface area (Å²) < 4.78 is 5.03. The number of benzene rings is 2. The first-order valence-electron chi connectivity index (χ1n) is 5.77. The molecule has 7 nitrogen and oxygen atoms in total. The predicted molar refractivity (Wildman–Crippen MR) is 71.5 cm³/mol. The minimum atomic E-state index is -1.08. The van der Waals surface area contributed by atoms with Crippen molar-refractivity contribution in [3.63, 3.8) is 0 Å². The molecule has 0 atom stereocenters. The number of nitro benzene ring substituents is 1. The van der Waals surface area contributed by atoms with Gasteiger partial charge in [0.1, 0.15) is 5.75 Å².